The number of nitrogens with one attached hydrogen (secondary N) is 1. The Morgan fingerprint density at radius 3 is 3.06 bits per heavy atom. The minimum Gasteiger partial charge on any atom is -0.341 e. The molecular weight excluding hydrogens is 220 g/mol. The van der Waals surface area contributed by atoms with Crippen LogP contribution < -0.4 is 5.32 Å². The Balaban J connectivity index is 2.34. The van der Waals surface area contributed by atoms with Crippen molar-refractivity contribution in [2.24, 2.45) is 0 Å². The van der Waals surface area contributed by atoms with Gasteiger partial charge in [-0.15, -0.1) is 11.8 Å². The summed E-state index contributed by atoms with van der Waals surface area (Å²) < 4.78 is 0. The van der Waals surface area contributed by atoms with Crippen molar-refractivity contribution in [3.05, 3.63) is 30.1 Å². The van der Waals surface area contributed by atoms with E-state index in [0.717, 1.165) is 5.75 Å². The zero-order chi connectivity index (χ0) is 11.8. The second-order valence-corrected chi connectivity index (χ2v) is 5.03. The van der Waals surface area contributed by atoms with Crippen LogP contribution in [0, 0.1) is 0 Å². The van der Waals surface area contributed by atoms with E-state index in [2.05, 4.69) is 17.2 Å². The molecule has 16 heavy (non-hydrogen) atoms. The molecule has 1 rings (SSSR count). The molecule has 1 amide bonds. The number of carbonyl (C=O) groups excluding carboxylic acids is 1. The lowest BCUT2D eigenvalue weighted by molar-refractivity contribution is 0.0951. The van der Waals surface area contributed by atoms with Crippen LogP contribution in [0.4, 0.5) is 0 Å². The minimum absolute atomic E-state index is 0.0513. The van der Waals surface area contributed by atoms with Crippen LogP contribution in [0.15, 0.2) is 24.5 Å². The van der Waals surface area contributed by atoms with Gasteiger partial charge < -0.3 is 5.32 Å². The van der Waals surface area contributed by atoms with Crippen LogP contribution in [0.1, 0.15) is 37.0 Å². The Kier molecular flexibility index (Phi) is 5.93. The van der Waals surface area contributed by atoms with E-state index in [-0.39, 0.29) is 11.3 Å². The Morgan fingerprint density at radius 1 is 1.62 bits per heavy atom. The predicted octanol–water partition coefficient (Wildman–Crippen LogP) is 2.69. The molecule has 1 N–H and O–H groups in total. The maximum Gasteiger partial charge on any atom is 0.253 e. The number of aromatic nitrogens is 1. The number of carbonyl (C=O) groups is 1. The van der Waals surface area contributed by atoms with Crippen molar-refractivity contribution in [3.8, 4) is 0 Å². The van der Waals surface area contributed by atoms with Crippen LogP contribution in [-0.2, 0) is 0 Å². The van der Waals surface area contributed by atoms with Gasteiger partial charge in [0.05, 0.1) is 10.9 Å². The molecule has 88 valence electrons. The molecule has 0 fully saturated rings. The first-order valence-electron chi connectivity index (χ1n) is 5.56. The van der Waals surface area contributed by atoms with Crippen molar-refractivity contribution in [3.63, 3.8) is 0 Å². The van der Waals surface area contributed by atoms with E-state index in [1.807, 2.05) is 6.92 Å². The van der Waals surface area contributed by atoms with Gasteiger partial charge in [0.2, 0.25) is 0 Å². The lowest BCUT2D eigenvalue weighted by Crippen LogP contribution is -2.30. The summed E-state index contributed by atoms with van der Waals surface area (Å²) in [6.07, 6.45) is 5.63. The second-order valence-electron chi connectivity index (χ2n) is 3.58. The molecule has 0 aliphatic carbocycles. The summed E-state index contributed by atoms with van der Waals surface area (Å²) in [5, 5.41) is 3.09. The number of unbranched alkanes of at least 4 members (excludes halogenated alkanes) is 1. The number of nitrogens with zero attached hydrogens (tertiary/aromatic N) is 1. The number of amides is 1. The molecular formula is C12H18N2OS. The van der Waals surface area contributed by atoms with Gasteiger partial charge in [-0.1, -0.05) is 13.3 Å². The van der Waals surface area contributed by atoms with Gasteiger partial charge in [-0.2, -0.15) is 0 Å². The highest BCUT2D eigenvalue weighted by molar-refractivity contribution is 7.99. The third-order valence-electron chi connectivity index (χ3n) is 2.12. The van der Waals surface area contributed by atoms with Crippen LogP contribution in [0.25, 0.3) is 0 Å². The molecule has 0 aromatic carbocycles. The molecule has 0 saturated carbocycles. The van der Waals surface area contributed by atoms with Crippen molar-refractivity contribution in [1.82, 2.24) is 10.3 Å². The fourth-order valence-electron chi connectivity index (χ4n) is 1.21. The largest absolute Gasteiger partial charge is 0.341 e. The quantitative estimate of drug-likeness (QED) is 0.612. The smallest absolute Gasteiger partial charge is 0.253 e. The Bertz CT molecular complexity index is 316. The minimum atomic E-state index is -0.0513. The van der Waals surface area contributed by atoms with Gasteiger partial charge in [0.15, 0.2) is 0 Å². The van der Waals surface area contributed by atoms with E-state index < -0.39 is 0 Å². The second kappa shape index (κ2) is 7.28. The third kappa shape index (κ3) is 4.66. The maximum absolute atomic E-state index is 11.7. The lowest BCUT2D eigenvalue weighted by atomic mass is 10.3. The maximum atomic E-state index is 11.7. The highest BCUT2D eigenvalue weighted by Crippen LogP contribution is 2.10. The standard InChI is InChI=1S/C12H18N2OS/c1-3-4-8-16-10(2)14-12(15)11-6-5-7-13-9-11/h5-7,9-10H,3-4,8H2,1-2H3,(H,14,15). The number of hydrogen-bond donors (Lipinski definition) is 1. The molecule has 0 spiro atoms. The van der Waals surface area contributed by atoms with Gasteiger partial charge in [-0.25, -0.2) is 0 Å². The molecule has 0 aliphatic rings. The van der Waals surface area contributed by atoms with Crippen LogP contribution in [-0.4, -0.2) is 22.0 Å². The summed E-state index contributed by atoms with van der Waals surface area (Å²) in [5.41, 5.74) is 0.616. The molecule has 1 aromatic heterocycles. The zero-order valence-electron chi connectivity index (χ0n) is 9.77. The van der Waals surface area contributed by atoms with Crippen LogP contribution in [0.2, 0.25) is 0 Å². The molecule has 0 radical (unpaired) electrons. The van der Waals surface area contributed by atoms with Crippen molar-refractivity contribution >= 4 is 17.7 Å². The van der Waals surface area contributed by atoms with Gasteiger partial charge in [0.1, 0.15) is 0 Å². The van der Waals surface area contributed by atoms with Crippen LogP contribution in [0.5, 0.6) is 0 Å². The topological polar surface area (TPSA) is 42.0 Å². The first-order chi connectivity index (χ1) is 7.74. The molecule has 0 saturated heterocycles. The van der Waals surface area contributed by atoms with Crippen molar-refractivity contribution in [1.29, 1.82) is 0 Å². The van der Waals surface area contributed by atoms with Gasteiger partial charge in [0, 0.05) is 12.4 Å². The summed E-state index contributed by atoms with van der Waals surface area (Å²) in [6, 6.07) is 3.54. The Morgan fingerprint density at radius 2 is 2.44 bits per heavy atom. The van der Waals surface area contributed by atoms with E-state index in [0.29, 0.717) is 5.56 Å². The lowest BCUT2D eigenvalue weighted by Gasteiger charge is -2.12. The summed E-state index contributed by atoms with van der Waals surface area (Å²) in [4.78, 5) is 15.6. The fourth-order valence-corrected chi connectivity index (χ4v) is 2.21. The van der Waals surface area contributed by atoms with Crippen molar-refractivity contribution < 1.29 is 4.79 Å². The Hall–Kier alpha value is -1.03. The van der Waals surface area contributed by atoms with Gasteiger partial charge in [-0.05, 0) is 31.2 Å². The molecule has 1 unspecified atom stereocenters. The molecule has 3 nitrogen and oxygen atoms in total. The molecule has 4 heteroatoms. The van der Waals surface area contributed by atoms with E-state index in [1.54, 1.807) is 36.3 Å². The molecule has 1 aromatic rings. The highest BCUT2D eigenvalue weighted by Gasteiger charge is 2.09. The molecule has 1 atom stereocenters. The van der Waals surface area contributed by atoms with Crippen LogP contribution in [0.3, 0.4) is 0 Å². The van der Waals surface area contributed by atoms with E-state index in [1.165, 1.54) is 12.8 Å². The van der Waals surface area contributed by atoms with Crippen molar-refractivity contribution in [2.75, 3.05) is 5.75 Å². The predicted molar refractivity (Wildman–Crippen MR) is 68.5 cm³/mol. The number of pyridine rings is 1. The normalized spacial score (nSPS) is 12.1. The van der Waals surface area contributed by atoms with Gasteiger partial charge >= 0.3 is 0 Å². The van der Waals surface area contributed by atoms with Crippen LogP contribution >= 0.6 is 11.8 Å². The van der Waals surface area contributed by atoms with Gasteiger partial charge in [-0.3, -0.25) is 9.78 Å². The SMILES string of the molecule is CCCCSC(C)NC(=O)c1cccnc1. The zero-order valence-corrected chi connectivity index (χ0v) is 10.6. The van der Waals surface area contributed by atoms with E-state index in [9.17, 15) is 4.79 Å². The molecule has 0 aliphatic heterocycles. The summed E-state index contributed by atoms with van der Waals surface area (Å²) in [7, 11) is 0. The van der Waals surface area contributed by atoms with E-state index >= 15 is 0 Å². The number of thioether (sulfide) groups is 1. The van der Waals surface area contributed by atoms with Crippen molar-refractivity contribution in [2.45, 2.75) is 32.1 Å². The fraction of sp³-hybridized carbons (Fsp3) is 0.500. The first-order valence-corrected chi connectivity index (χ1v) is 6.61. The third-order valence-corrected chi connectivity index (χ3v) is 3.27. The molecule has 0 bridgehead atoms. The number of hydrogen-bond acceptors (Lipinski definition) is 3. The monoisotopic (exact) mass is 238 g/mol. The average molecular weight is 238 g/mol. The highest BCUT2D eigenvalue weighted by atomic mass is 32.2. The molecule has 1 heterocycles. The first kappa shape index (κ1) is 13.0. The average Bonchev–Trinajstić information content (AvgIpc) is 2.30. The van der Waals surface area contributed by atoms with Gasteiger partial charge in [0.25, 0.3) is 5.91 Å². The Labute approximate surface area is 101 Å². The summed E-state index contributed by atoms with van der Waals surface area (Å²) in [5.74, 6) is 1.04. The van der Waals surface area contributed by atoms with E-state index in [4.69, 9.17) is 0 Å². The summed E-state index contributed by atoms with van der Waals surface area (Å²) in [6.45, 7) is 4.17. The summed E-state index contributed by atoms with van der Waals surface area (Å²) >= 11 is 1.77. The number of rotatable bonds is 6.